The predicted molar refractivity (Wildman–Crippen MR) is 205 cm³/mol. The molecule has 1 aliphatic heterocycles. The largest absolute Gasteiger partial charge is 0.480 e. The van der Waals surface area contributed by atoms with Crippen LogP contribution in [-0.4, -0.2) is 122 Å². The van der Waals surface area contributed by atoms with Gasteiger partial charge in [-0.25, -0.2) is 4.79 Å². The predicted octanol–water partition coefficient (Wildman–Crippen LogP) is 3.41. The van der Waals surface area contributed by atoms with Gasteiger partial charge >= 0.3 is 5.97 Å². The van der Waals surface area contributed by atoms with E-state index in [9.17, 15) is 29.1 Å². The van der Waals surface area contributed by atoms with Gasteiger partial charge in [-0.3, -0.25) is 19.2 Å². The summed E-state index contributed by atoms with van der Waals surface area (Å²) in [6.45, 7) is 15.8. The van der Waals surface area contributed by atoms with Gasteiger partial charge in [-0.15, -0.1) is 0 Å². The number of nitrogens with one attached hydrogen (secondary N) is 3. The quantitative estimate of drug-likeness (QED) is 0.148. The molecule has 13 nitrogen and oxygen atoms in total. The van der Waals surface area contributed by atoms with E-state index in [-0.39, 0.29) is 48.3 Å². The van der Waals surface area contributed by atoms with E-state index in [1.54, 1.807) is 30.8 Å². The SMILES string of the molecule is CC[C@H](C)C([C@@H](CC(=O)N1CCC[C@H]1[C@H](OC)[C@@H](C)C(=O)N[C@@H](Cc1ccc(C)cc1)C(=O)O)OC)N(C)C(=O)[C@@H](NC(=O)[C@@H](NC)C(C)C)C(C)C. The first-order valence-electron chi connectivity index (χ1n) is 19.1. The highest BCUT2D eigenvalue weighted by Crippen LogP contribution is 2.30. The monoisotopic (exact) mass is 745 g/mol. The van der Waals surface area contributed by atoms with Gasteiger partial charge in [0.15, 0.2) is 0 Å². The highest BCUT2D eigenvalue weighted by Gasteiger charge is 2.43. The molecule has 0 aliphatic carbocycles. The molecule has 1 fully saturated rings. The van der Waals surface area contributed by atoms with Crippen LogP contribution in [0.1, 0.15) is 85.3 Å². The fourth-order valence-corrected chi connectivity index (χ4v) is 7.51. The summed E-state index contributed by atoms with van der Waals surface area (Å²) >= 11 is 0. The standard InChI is InChI=1S/C40H67N5O8/c1-13-26(7)35(44(10)39(49)34(24(4)5)43-38(48)33(41-9)23(2)3)31(52-11)22-32(46)45-20-14-15-30(45)36(53-12)27(8)37(47)42-29(40(50)51)21-28-18-16-25(6)17-19-28/h16-19,23-24,26-27,29-31,33-36,41H,13-15,20-22H2,1-12H3,(H,42,47)(H,43,48)(H,50,51)/t26-,27+,29-,30-,31+,33-,34-,35?,36+/m0/s1. The van der Waals surface area contributed by atoms with E-state index in [0.29, 0.717) is 19.4 Å². The fraction of sp³-hybridized carbons (Fsp3) is 0.725. The van der Waals surface area contributed by atoms with Gasteiger partial charge in [-0.1, -0.05) is 84.7 Å². The number of methoxy groups -OCH3 is 2. The number of likely N-dealkylation sites (N-methyl/N-ethyl adjacent to an activating group) is 2. The molecule has 1 unspecified atom stereocenters. The number of benzene rings is 1. The second-order valence-electron chi connectivity index (χ2n) is 15.4. The van der Waals surface area contributed by atoms with Crippen LogP contribution in [-0.2, 0) is 39.9 Å². The number of nitrogens with zero attached hydrogens (tertiary/aromatic N) is 2. The lowest BCUT2D eigenvalue weighted by Crippen LogP contribution is -2.59. The minimum Gasteiger partial charge on any atom is -0.480 e. The number of carbonyl (C=O) groups excluding carboxylic acids is 4. The number of carboxylic acid groups (broad SMARTS) is 1. The lowest BCUT2D eigenvalue weighted by atomic mass is 9.89. The maximum Gasteiger partial charge on any atom is 0.326 e. The van der Waals surface area contributed by atoms with Crippen LogP contribution in [0.15, 0.2) is 24.3 Å². The van der Waals surface area contributed by atoms with Gasteiger partial charge < -0.3 is 40.3 Å². The van der Waals surface area contributed by atoms with E-state index in [1.165, 1.54) is 14.2 Å². The Morgan fingerprint density at radius 3 is 2.02 bits per heavy atom. The van der Waals surface area contributed by atoms with Crippen molar-refractivity contribution in [2.75, 3.05) is 34.9 Å². The van der Waals surface area contributed by atoms with Gasteiger partial charge in [0.1, 0.15) is 12.1 Å². The molecule has 2 rings (SSSR count). The maximum atomic E-state index is 14.1. The van der Waals surface area contributed by atoms with E-state index in [2.05, 4.69) is 16.0 Å². The van der Waals surface area contributed by atoms with Crippen molar-refractivity contribution in [3.05, 3.63) is 35.4 Å². The van der Waals surface area contributed by atoms with E-state index in [0.717, 1.165) is 17.5 Å². The van der Waals surface area contributed by atoms with Crippen molar-refractivity contribution in [1.29, 1.82) is 0 Å². The number of hydrogen-bond donors (Lipinski definition) is 4. The number of amides is 4. The number of aryl methyl sites for hydroxylation is 1. The molecule has 1 saturated heterocycles. The van der Waals surface area contributed by atoms with Gasteiger partial charge in [-0.2, -0.15) is 0 Å². The Hall–Kier alpha value is -3.55. The molecule has 9 atom stereocenters. The van der Waals surface area contributed by atoms with Crippen molar-refractivity contribution in [2.45, 2.75) is 130 Å². The Labute approximate surface area is 317 Å². The molecule has 1 aromatic rings. The molecule has 1 aromatic carbocycles. The zero-order chi connectivity index (χ0) is 40.2. The van der Waals surface area contributed by atoms with Crippen LogP contribution in [0, 0.1) is 30.6 Å². The Balaban J connectivity index is 2.26. The normalized spacial score (nSPS) is 19.1. The van der Waals surface area contributed by atoms with Crippen molar-refractivity contribution in [3.63, 3.8) is 0 Å². The van der Waals surface area contributed by atoms with Crippen molar-refractivity contribution >= 4 is 29.6 Å². The van der Waals surface area contributed by atoms with Crippen LogP contribution in [0.4, 0.5) is 0 Å². The first-order chi connectivity index (χ1) is 24.9. The molecule has 1 aliphatic rings. The van der Waals surface area contributed by atoms with Crippen LogP contribution in [0.5, 0.6) is 0 Å². The second-order valence-corrected chi connectivity index (χ2v) is 15.4. The van der Waals surface area contributed by atoms with Crippen LogP contribution in [0.2, 0.25) is 0 Å². The first kappa shape index (κ1) is 45.6. The highest BCUT2D eigenvalue weighted by atomic mass is 16.5. The summed E-state index contributed by atoms with van der Waals surface area (Å²) in [7, 11) is 6.46. The van der Waals surface area contributed by atoms with Crippen LogP contribution >= 0.6 is 0 Å². The topological polar surface area (TPSA) is 167 Å². The zero-order valence-corrected chi connectivity index (χ0v) is 34.1. The summed E-state index contributed by atoms with van der Waals surface area (Å²) in [4.78, 5) is 70.5. The highest BCUT2D eigenvalue weighted by molar-refractivity contribution is 5.90. The summed E-state index contributed by atoms with van der Waals surface area (Å²) in [6, 6.07) is 4.23. The average molecular weight is 746 g/mol. The van der Waals surface area contributed by atoms with Crippen molar-refractivity contribution < 1.29 is 38.6 Å². The summed E-state index contributed by atoms with van der Waals surface area (Å²) in [6.07, 6.45) is 0.812. The fourth-order valence-electron chi connectivity index (χ4n) is 7.51. The molecule has 13 heteroatoms. The Bertz CT molecular complexity index is 1350. The Morgan fingerprint density at radius 2 is 1.53 bits per heavy atom. The van der Waals surface area contributed by atoms with Gasteiger partial charge in [0.05, 0.1) is 42.7 Å². The molecule has 1 heterocycles. The minimum absolute atomic E-state index is 0.0117. The van der Waals surface area contributed by atoms with Gasteiger partial charge in [0.25, 0.3) is 0 Å². The third-order valence-electron chi connectivity index (χ3n) is 10.9. The molecule has 0 spiro atoms. The summed E-state index contributed by atoms with van der Waals surface area (Å²) in [5.74, 6) is -3.27. The second kappa shape index (κ2) is 21.4. The smallest absolute Gasteiger partial charge is 0.326 e. The molecule has 53 heavy (non-hydrogen) atoms. The van der Waals surface area contributed by atoms with Crippen LogP contribution in [0.25, 0.3) is 0 Å². The Kier molecular flexibility index (Phi) is 18.4. The third kappa shape index (κ3) is 12.2. The van der Waals surface area contributed by atoms with E-state index >= 15 is 0 Å². The minimum atomic E-state index is -1.14. The number of hydrogen-bond acceptors (Lipinski definition) is 8. The van der Waals surface area contributed by atoms with E-state index in [1.807, 2.05) is 72.7 Å². The molecule has 4 N–H and O–H groups in total. The summed E-state index contributed by atoms with van der Waals surface area (Å²) in [5, 5.41) is 18.6. The number of rotatable bonds is 21. The summed E-state index contributed by atoms with van der Waals surface area (Å²) in [5.41, 5.74) is 1.84. The summed E-state index contributed by atoms with van der Waals surface area (Å²) < 4.78 is 11.9. The van der Waals surface area contributed by atoms with Crippen LogP contribution < -0.4 is 16.0 Å². The molecule has 4 amide bonds. The zero-order valence-electron chi connectivity index (χ0n) is 34.1. The Morgan fingerprint density at radius 1 is 0.925 bits per heavy atom. The number of likely N-dealkylation sites (tertiary alicyclic amines) is 1. The molecule has 0 bridgehead atoms. The van der Waals surface area contributed by atoms with Crippen LogP contribution in [0.3, 0.4) is 0 Å². The molecule has 0 radical (unpaired) electrons. The first-order valence-corrected chi connectivity index (χ1v) is 19.1. The maximum absolute atomic E-state index is 14.1. The van der Waals surface area contributed by atoms with Gasteiger partial charge in [0.2, 0.25) is 23.6 Å². The molecular weight excluding hydrogens is 678 g/mol. The lowest BCUT2D eigenvalue weighted by molar-refractivity contribution is -0.148. The van der Waals surface area contributed by atoms with E-state index < -0.39 is 60.2 Å². The molecule has 0 saturated carbocycles. The number of carbonyl (C=O) groups is 5. The van der Waals surface area contributed by atoms with Gasteiger partial charge in [0, 0.05) is 34.2 Å². The average Bonchev–Trinajstić information content (AvgIpc) is 3.60. The number of aliphatic carboxylic acids is 1. The van der Waals surface area contributed by atoms with Crippen molar-refractivity contribution in [1.82, 2.24) is 25.8 Å². The third-order valence-corrected chi connectivity index (χ3v) is 10.9. The lowest BCUT2D eigenvalue weighted by Gasteiger charge is -2.41. The number of carboxylic acids is 1. The molecular formula is C40H67N5O8. The van der Waals surface area contributed by atoms with Crippen molar-refractivity contribution in [3.8, 4) is 0 Å². The number of ether oxygens (including phenoxy) is 2. The van der Waals surface area contributed by atoms with E-state index in [4.69, 9.17) is 9.47 Å². The van der Waals surface area contributed by atoms with Gasteiger partial charge in [-0.05, 0) is 50.1 Å². The molecule has 0 aromatic heterocycles. The molecule has 300 valence electrons. The van der Waals surface area contributed by atoms with Crippen molar-refractivity contribution in [2.24, 2.45) is 23.7 Å².